The smallest absolute Gasteiger partial charge is 0.310 e. The molecule has 24 heavy (non-hydrogen) atoms. The number of hydrogen-bond donors (Lipinski definition) is 1. The van der Waals surface area contributed by atoms with Crippen LogP contribution in [0.25, 0.3) is 5.52 Å². The van der Waals surface area contributed by atoms with Gasteiger partial charge in [0.25, 0.3) is 11.5 Å². The molecule has 3 heterocycles. The molecule has 2 aromatic rings. The van der Waals surface area contributed by atoms with E-state index in [9.17, 15) is 14.4 Å². The van der Waals surface area contributed by atoms with Gasteiger partial charge in [-0.25, -0.2) is 4.52 Å². The van der Waals surface area contributed by atoms with E-state index in [1.807, 2.05) is 0 Å². The molecule has 0 spiro atoms. The Labute approximate surface area is 137 Å². The van der Waals surface area contributed by atoms with Crippen molar-refractivity contribution in [2.75, 3.05) is 19.7 Å². The highest BCUT2D eigenvalue weighted by atomic mass is 16.5. The fraction of sp³-hybridized carbons (Fsp3) is 0.533. The van der Waals surface area contributed by atoms with Gasteiger partial charge in [0.2, 0.25) is 0 Å². The molecule has 1 saturated heterocycles. The lowest BCUT2D eigenvalue weighted by molar-refractivity contribution is -0.149. The first-order valence-corrected chi connectivity index (χ1v) is 7.92. The number of piperidine rings is 1. The molecule has 0 bridgehead atoms. The van der Waals surface area contributed by atoms with Crippen LogP contribution in [0.4, 0.5) is 0 Å². The van der Waals surface area contributed by atoms with Crippen molar-refractivity contribution in [2.45, 2.75) is 26.7 Å². The molecule has 1 N–H and O–H groups in total. The van der Waals surface area contributed by atoms with Crippen molar-refractivity contribution in [3.63, 3.8) is 0 Å². The van der Waals surface area contributed by atoms with E-state index in [4.69, 9.17) is 4.74 Å². The maximum absolute atomic E-state index is 12.7. The van der Waals surface area contributed by atoms with E-state index < -0.39 is 11.5 Å². The molecule has 9 heteroatoms. The van der Waals surface area contributed by atoms with Gasteiger partial charge < -0.3 is 14.6 Å². The number of ether oxygens (including phenoxy) is 1. The Morgan fingerprint density at radius 2 is 2.25 bits per heavy atom. The Morgan fingerprint density at radius 3 is 3.00 bits per heavy atom. The molecule has 1 fully saturated rings. The van der Waals surface area contributed by atoms with Gasteiger partial charge in [0.05, 0.1) is 18.7 Å². The van der Waals surface area contributed by atoms with Crippen molar-refractivity contribution in [3.05, 3.63) is 27.9 Å². The number of rotatable bonds is 3. The number of amides is 1. The molecule has 0 aromatic carbocycles. The van der Waals surface area contributed by atoms with Crippen LogP contribution < -0.4 is 5.56 Å². The van der Waals surface area contributed by atoms with E-state index in [0.717, 1.165) is 0 Å². The Balaban J connectivity index is 1.87. The zero-order valence-electron chi connectivity index (χ0n) is 13.6. The Kier molecular flexibility index (Phi) is 4.32. The number of fused-ring (bicyclic) bond motifs is 1. The number of aromatic nitrogens is 4. The standard InChI is InChI=1S/C15H19N5O4/c1-3-24-15(23)10-5-4-6-19(8-10)14(22)11-12-13(21)16-9(2)7-20(12)18-17-11/h7,10H,3-6,8H2,1-2H3,(H,16,21). The summed E-state index contributed by atoms with van der Waals surface area (Å²) >= 11 is 0. The third-order valence-electron chi connectivity index (χ3n) is 4.07. The molecule has 1 aliphatic rings. The number of aromatic amines is 1. The highest BCUT2D eigenvalue weighted by molar-refractivity contribution is 5.98. The average molecular weight is 333 g/mol. The average Bonchev–Trinajstić information content (AvgIpc) is 2.98. The summed E-state index contributed by atoms with van der Waals surface area (Å²) in [7, 11) is 0. The van der Waals surface area contributed by atoms with Crippen LogP contribution in [0.1, 0.15) is 35.9 Å². The van der Waals surface area contributed by atoms with Crippen LogP contribution >= 0.6 is 0 Å². The molecule has 1 unspecified atom stereocenters. The molecule has 1 amide bonds. The molecule has 1 aliphatic heterocycles. The second-order valence-electron chi connectivity index (χ2n) is 5.84. The van der Waals surface area contributed by atoms with Crippen LogP contribution in [0.5, 0.6) is 0 Å². The second kappa shape index (κ2) is 6.42. The number of hydrogen-bond acceptors (Lipinski definition) is 6. The topological polar surface area (TPSA) is 110 Å². The lowest BCUT2D eigenvalue weighted by Gasteiger charge is -2.30. The number of likely N-dealkylation sites (tertiary alicyclic amines) is 1. The van der Waals surface area contributed by atoms with Gasteiger partial charge in [0.15, 0.2) is 11.2 Å². The van der Waals surface area contributed by atoms with Gasteiger partial charge in [-0.05, 0) is 26.7 Å². The van der Waals surface area contributed by atoms with Crippen LogP contribution in [-0.4, -0.2) is 56.3 Å². The molecule has 3 rings (SSSR count). The van der Waals surface area contributed by atoms with E-state index >= 15 is 0 Å². The number of esters is 1. The monoisotopic (exact) mass is 333 g/mol. The van der Waals surface area contributed by atoms with Gasteiger partial charge in [-0.15, -0.1) is 5.10 Å². The summed E-state index contributed by atoms with van der Waals surface area (Å²) in [5.74, 6) is -1.03. The number of aryl methyl sites for hydroxylation is 1. The van der Waals surface area contributed by atoms with Gasteiger partial charge in [-0.2, -0.15) is 0 Å². The minimum atomic E-state index is -0.415. The van der Waals surface area contributed by atoms with Gasteiger partial charge in [0.1, 0.15) is 0 Å². The Hall–Kier alpha value is -2.71. The maximum Gasteiger partial charge on any atom is 0.310 e. The largest absolute Gasteiger partial charge is 0.466 e. The summed E-state index contributed by atoms with van der Waals surface area (Å²) in [6, 6.07) is 0. The molecular formula is C15H19N5O4. The first-order valence-electron chi connectivity index (χ1n) is 7.92. The number of nitrogens with zero attached hydrogens (tertiary/aromatic N) is 4. The number of nitrogens with one attached hydrogen (secondary N) is 1. The summed E-state index contributed by atoms with van der Waals surface area (Å²) in [4.78, 5) is 41.0. The third kappa shape index (κ3) is 2.89. The van der Waals surface area contributed by atoms with Crippen LogP contribution in [0, 0.1) is 12.8 Å². The summed E-state index contributed by atoms with van der Waals surface area (Å²) in [6.07, 6.45) is 2.98. The highest BCUT2D eigenvalue weighted by Gasteiger charge is 2.32. The lowest BCUT2D eigenvalue weighted by atomic mass is 9.98. The highest BCUT2D eigenvalue weighted by Crippen LogP contribution is 2.20. The molecule has 9 nitrogen and oxygen atoms in total. The zero-order chi connectivity index (χ0) is 17.3. The summed E-state index contributed by atoms with van der Waals surface area (Å²) in [6.45, 7) is 4.56. The SMILES string of the molecule is CCOC(=O)C1CCCN(C(=O)c2nnn3cc(C)[nH]c(=O)c23)C1. The predicted octanol–water partition coefficient (Wildman–Crippen LogP) is 0.141. The summed E-state index contributed by atoms with van der Waals surface area (Å²) in [5, 5.41) is 7.71. The van der Waals surface area contributed by atoms with E-state index in [-0.39, 0.29) is 29.6 Å². The van der Waals surface area contributed by atoms with Crippen molar-refractivity contribution in [1.82, 2.24) is 24.7 Å². The fourth-order valence-corrected chi connectivity index (χ4v) is 2.96. The first kappa shape index (κ1) is 16.2. The molecule has 1 atom stereocenters. The predicted molar refractivity (Wildman–Crippen MR) is 83.6 cm³/mol. The third-order valence-corrected chi connectivity index (χ3v) is 4.07. The number of H-pyrrole nitrogens is 1. The maximum atomic E-state index is 12.7. The molecular weight excluding hydrogens is 314 g/mol. The van der Waals surface area contributed by atoms with Gasteiger partial charge in [-0.1, -0.05) is 5.21 Å². The Bertz CT molecular complexity index is 840. The first-order chi connectivity index (χ1) is 11.5. The van der Waals surface area contributed by atoms with Crippen molar-refractivity contribution in [1.29, 1.82) is 0 Å². The van der Waals surface area contributed by atoms with Crippen molar-refractivity contribution < 1.29 is 14.3 Å². The lowest BCUT2D eigenvalue weighted by Crippen LogP contribution is -2.43. The summed E-state index contributed by atoms with van der Waals surface area (Å²) in [5.41, 5.74) is 0.323. The fourth-order valence-electron chi connectivity index (χ4n) is 2.96. The van der Waals surface area contributed by atoms with Crippen LogP contribution in [0.3, 0.4) is 0 Å². The van der Waals surface area contributed by atoms with E-state index in [0.29, 0.717) is 31.7 Å². The number of carbonyl (C=O) groups is 2. The van der Waals surface area contributed by atoms with Crippen LogP contribution in [0.15, 0.2) is 11.0 Å². The minimum Gasteiger partial charge on any atom is -0.466 e. The molecule has 0 aliphatic carbocycles. The van der Waals surface area contributed by atoms with E-state index in [1.54, 1.807) is 20.0 Å². The molecule has 128 valence electrons. The van der Waals surface area contributed by atoms with E-state index in [2.05, 4.69) is 15.3 Å². The molecule has 0 saturated carbocycles. The van der Waals surface area contributed by atoms with Crippen molar-refractivity contribution >= 4 is 17.4 Å². The molecule has 0 radical (unpaired) electrons. The minimum absolute atomic E-state index is 0.000703. The van der Waals surface area contributed by atoms with Gasteiger partial charge in [0, 0.05) is 18.8 Å². The zero-order valence-corrected chi connectivity index (χ0v) is 13.6. The van der Waals surface area contributed by atoms with Crippen LogP contribution in [0.2, 0.25) is 0 Å². The second-order valence-corrected chi connectivity index (χ2v) is 5.84. The normalized spacial score (nSPS) is 17.9. The van der Waals surface area contributed by atoms with Gasteiger partial charge in [-0.3, -0.25) is 14.4 Å². The molecule has 2 aromatic heterocycles. The Morgan fingerprint density at radius 1 is 1.46 bits per heavy atom. The van der Waals surface area contributed by atoms with Crippen molar-refractivity contribution in [3.8, 4) is 0 Å². The number of carbonyl (C=O) groups excluding carboxylic acids is 2. The van der Waals surface area contributed by atoms with Gasteiger partial charge >= 0.3 is 5.97 Å². The quantitative estimate of drug-likeness (QED) is 0.800. The summed E-state index contributed by atoms with van der Waals surface area (Å²) < 4.78 is 6.34. The van der Waals surface area contributed by atoms with Crippen LogP contribution in [-0.2, 0) is 9.53 Å². The van der Waals surface area contributed by atoms with E-state index in [1.165, 1.54) is 9.42 Å². The van der Waals surface area contributed by atoms with Crippen molar-refractivity contribution in [2.24, 2.45) is 5.92 Å².